The molecule has 7 heteroatoms. The number of amides is 2. The molecule has 1 heterocycles. The molecule has 1 aliphatic heterocycles. The molecular formula is C26H30N2O5. The molecule has 2 amide bonds. The van der Waals surface area contributed by atoms with Gasteiger partial charge < -0.3 is 20.1 Å². The van der Waals surface area contributed by atoms with Gasteiger partial charge in [0, 0.05) is 31.0 Å². The van der Waals surface area contributed by atoms with Crippen LogP contribution in [0.5, 0.6) is 0 Å². The van der Waals surface area contributed by atoms with Gasteiger partial charge in [-0.25, -0.2) is 4.79 Å². The predicted octanol–water partition coefficient (Wildman–Crippen LogP) is 4.02. The number of carbonyl (C=O) groups is 3. The number of carboxylic acid groups (broad SMARTS) is 1. The van der Waals surface area contributed by atoms with E-state index >= 15 is 0 Å². The molecule has 33 heavy (non-hydrogen) atoms. The summed E-state index contributed by atoms with van der Waals surface area (Å²) in [6.07, 6.45) is 0.780. The molecule has 0 aromatic heterocycles. The molecule has 0 unspecified atom stereocenters. The van der Waals surface area contributed by atoms with Crippen molar-refractivity contribution in [2.24, 2.45) is 5.92 Å². The lowest BCUT2D eigenvalue weighted by Gasteiger charge is -2.38. The second-order valence-electron chi connectivity index (χ2n) is 8.99. The number of fused-ring (bicyclic) bond motifs is 3. The molecule has 3 atom stereocenters. The maximum atomic E-state index is 12.8. The molecule has 4 rings (SSSR count). The molecule has 1 fully saturated rings. The van der Waals surface area contributed by atoms with Crippen LogP contribution in [-0.2, 0) is 14.3 Å². The van der Waals surface area contributed by atoms with E-state index in [-0.39, 0.29) is 30.9 Å². The maximum absolute atomic E-state index is 12.8. The van der Waals surface area contributed by atoms with Crippen LogP contribution in [-0.4, -0.2) is 53.2 Å². The van der Waals surface area contributed by atoms with E-state index < -0.39 is 24.0 Å². The summed E-state index contributed by atoms with van der Waals surface area (Å²) in [6, 6.07) is 15.5. The largest absolute Gasteiger partial charge is 0.481 e. The molecule has 7 nitrogen and oxygen atoms in total. The van der Waals surface area contributed by atoms with Crippen molar-refractivity contribution >= 4 is 18.0 Å². The first-order valence-corrected chi connectivity index (χ1v) is 11.5. The van der Waals surface area contributed by atoms with Crippen molar-refractivity contribution < 1.29 is 24.2 Å². The lowest BCUT2D eigenvalue weighted by Crippen LogP contribution is -2.50. The fourth-order valence-corrected chi connectivity index (χ4v) is 5.10. The van der Waals surface area contributed by atoms with Gasteiger partial charge in [-0.2, -0.15) is 0 Å². The Bertz CT molecular complexity index is 1010. The summed E-state index contributed by atoms with van der Waals surface area (Å²) >= 11 is 0. The summed E-state index contributed by atoms with van der Waals surface area (Å²) in [6.45, 7) is 4.29. The van der Waals surface area contributed by atoms with E-state index in [9.17, 15) is 19.5 Å². The standard InChI is InChI=1S/C26H30N2O5/c1-16(14-24(29)28-13-7-12-18(17(28)2)25(30)31)27-26(32)33-15-23-21-10-5-3-8-19(21)20-9-4-6-11-22(20)23/h3-6,8-11,16-18,23H,7,12-15H2,1-2H3,(H,27,32)(H,30,31)/t16-,17-,18-/m0/s1. The minimum atomic E-state index is -0.871. The maximum Gasteiger partial charge on any atom is 0.407 e. The minimum Gasteiger partial charge on any atom is -0.481 e. The number of hydrogen-bond donors (Lipinski definition) is 2. The van der Waals surface area contributed by atoms with E-state index in [4.69, 9.17) is 4.74 Å². The van der Waals surface area contributed by atoms with Crippen molar-refractivity contribution in [1.29, 1.82) is 0 Å². The topological polar surface area (TPSA) is 95.9 Å². The molecule has 2 aromatic rings. The molecule has 2 aromatic carbocycles. The minimum absolute atomic E-state index is 0.0257. The molecule has 2 N–H and O–H groups in total. The second-order valence-corrected chi connectivity index (χ2v) is 8.99. The fourth-order valence-electron chi connectivity index (χ4n) is 5.10. The van der Waals surface area contributed by atoms with Crippen molar-refractivity contribution in [2.45, 2.75) is 51.1 Å². The average molecular weight is 451 g/mol. The number of nitrogens with zero attached hydrogens (tertiary/aromatic N) is 1. The number of nitrogens with one attached hydrogen (secondary N) is 1. The fraction of sp³-hybridized carbons (Fsp3) is 0.423. The molecular weight excluding hydrogens is 420 g/mol. The van der Waals surface area contributed by atoms with Gasteiger partial charge in [0.1, 0.15) is 6.61 Å². The van der Waals surface area contributed by atoms with E-state index in [1.54, 1.807) is 18.7 Å². The van der Waals surface area contributed by atoms with Crippen LogP contribution in [0.15, 0.2) is 48.5 Å². The van der Waals surface area contributed by atoms with Crippen LogP contribution >= 0.6 is 0 Å². The highest BCUT2D eigenvalue weighted by molar-refractivity contribution is 5.80. The Kier molecular flexibility index (Phi) is 6.67. The summed E-state index contributed by atoms with van der Waals surface area (Å²) in [5.74, 6) is -1.60. The third-order valence-electron chi connectivity index (χ3n) is 6.81. The van der Waals surface area contributed by atoms with Crippen molar-refractivity contribution in [3.05, 3.63) is 59.7 Å². The Morgan fingerprint density at radius 2 is 1.70 bits per heavy atom. The summed E-state index contributed by atoms with van der Waals surface area (Å²) < 4.78 is 5.55. The van der Waals surface area contributed by atoms with Crippen LogP contribution in [0.25, 0.3) is 11.1 Å². The van der Waals surface area contributed by atoms with Gasteiger partial charge in [-0.3, -0.25) is 9.59 Å². The van der Waals surface area contributed by atoms with Gasteiger partial charge >= 0.3 is 12.1 Å². The van der Waals surface area contributed by atoms with Crippen LogP contribution in [0, 0.1) is 5.92 Å². The van der Waals surface area contributed by atoms with Gasteiger partial charge in [-0.1, -0.05) is 48.5 Å². The third-order valence-corrected chi connectivity index (χ3v) is 6.81. The number of benzene rings is 2. The van der Waals surface area contributed by atoms with Crippen molar-refractivity contribution in [3.8, 4) is 11.1 Å². The van der Waals surface area contributed by atoms with Crippen LogP contribution in [0.2, 0.25) is 0 Å². The van der Waals surface area contributed by atoms with Crippen LogP contribution < -0.4 is 5.32 Å². The normalized spacial score (nSPS) is 20.5. The number of alkyl carbamates (subject to hydrolysis) is 1. The SMILES string of the molecule is C[C@@H](CC(=O)N1CCC[C@H](C(=O)O)[C@@H]1C)NC(=O)OCC1c2ccccc2-c2ccccc21. The highest BCUT2D eigenvalue weighted by Crippen LogP contribution is 2.44. The number of ether oxygens (including phenoxy) is 1. The van der Waals surface area contributed by atoms with Gasteiger partial charge in [0.15, 0.2) is 0 Å². The Morgan fingerprint density at radius 1 is 1.09 bits per heavy atom. The second kappa shape index (κ2) is 9.65. The van der Waals surface area contributed by atoms with E-state index in [0.717, 1.165) is 22.3 Å². The average Bonchev–Trinajstić information content (AvgIpc) is 3.11. The zero-order valence-electron chi connectivity index (χ0n) is 19.0. The van der Waals surface area contributed by atoms with Crippen molar-refractivity contribution in [3.63, 3.8) is 0 Å². The van der Waals surface area contributed by atoms with Gasteiger partial charge in [-0.15, -0.1) is 0 Å². The summed E-state index contributed by atoms with van der Waals surface area (Å²) in [7, 11) is 0. The molecule has 0 spiro atoms. The Morgan fingerprint density at radius 3 is 2.30 bits per heavy atom. The predicted molar refractivity (Wildman–Crippen MR) is 124 cm³/mol. The van der Waals surface area contributed by atoms with Crippen LogP contribution in [0.3, 0.4) is 0 Å². The Hall–Kier alpha value is -3.35. The molecule has 1 saturated heterocycles. The number of likely N-dealkylation sites (tertiary alicyclic amines) is 1. The summed E-state index contributed by atoms with van der Waals surface area (Å²) in [4.78, 5) is 38.3. The first kappa shape index (κ1) is 22.8. The van der Waals surface area contributed by atoms with Gasteiger partial charge in [0.05, 0.1) is 5.92 Å². The molecule has 0 saturated carbocycles. The highest BCUT2D eigenvalue weighted by Gasteiger charge is 2.35. The number of rotatable bonds is 6. The van der Waals surface area contributed by atoms with Crippen LogP contribution in [0.1, 0.15) is 50.2 Å². The number of aliphatic carboxylic acids is 1. The van der Waals surface area contributed by atoms with Gasteiger partial charge in [0.25, 0.3) is 0 Å². The number of piperidine rings is 1. The lowest BCUT2D eigenvalue weighted by atomic mass is 9.90. The molecule has 1 aliphatic carbocycles. The number of carbonyl (C=O) groups excluding carboxylic acids is 2. The van der Waals surface area contributed by atoms with Gasteiger partial charge in [-0.05, 0) is 48.9 Å². The summed E-state index contributed by atoms with van der Waals surface area (Å²) in [5, 5.41) is 12.1. The first-order valence-electron chi connectivity index (χ1n) is 11.5. The Labute approximate surface area is 193 Å². The van der Waals surface area contributed by atoms with Crippen molar-refractivity contribution in [1.82, 2.24) is 10.2 Å². The zero-order chi connectivity index (χ0) is 23.5. The van der Waals surface area contributed by atoms with Crippen molar-refractivity contribution in [2.75, 3.05) is 13.2 Å². The lowest BCUT2D eigenvalue weighted by molar-refractivity contribution is -0.149. The quantitative estimate of drug-likeness (QED) is 0.693. The molecule has 174 valence electrons. The number of hydrogen-bond acceptors (Lipinski definition) is 4. The van der Waals surface area contributed by atoms with E-state index in [2.05, 4.69) is 29.6 Å². The zero-order valence-corrected chi connectivity index (χ0v) is 19.0. The third kappa shape index (κ3) is 4.72. The van der Waals surface area contributed by atoms with E-state index in [0.29, 0.717) is 19.4 Å². The van der Waals surface area contributed by atoms with Gasteiger partial charge in [0.2, 0.25) is 5.91 Å². The molecule has 2 aliphatic rings. The van der Waals surface area contributed by atoms with E-state index in [1.165, 1.54) is 0 Å². The highest BCUT2D eigenvalue weighted by atomic mass is 16.5. The molecule has 0 bridgehead atoms. The number of carboxylic acids is 1. The molecule has 0 radical (unpaired) electrons. The first-order chi connectivity index (χ1) is 15.9. The Balaban J connectivity index is 1.31. The van der Waals surface area contributed by atoms with E-state index in [1.807, 2.05) is 24.3 Å². The smallest absolute Gasteiger partial charge is 0.407 e. The monoisotopic (exact) mass is 450 g/mol. The van der Waals surface area contributed by atoms with Crippen LogP contribution in [0.4, 0.5) is 4.79 Å². The summed E-state index contributed by atoms with van der Waals surface area (Å²) in [5.41, 5.74) is 4.61.